The van der Waals surface area contributed by atoms with Crippen molar-refractivity contribution in [3.05, 3.63) is 39.9 Å². The number of ketones is 1. The Morgan fingerprint density at radius 1 is 1.47 bits per heavy atom. The van der Waals surface area contributed by atoms with Crippen LogP contribution in [-0.4, -0.2) is 22.2 Å². The van der Waals surface area contributed by atoms with E-state index in [0.29, 0.717) is 15.6 Å². The lowest BCUT2D eigenvalue weighted by Gasteiger charge is -2.05. The highest BCUT2D eigenvalue weighted by molar-refractivity contribution is 9.10. The molecule has 0 saturated heterocycles. The van der Waals surface area contributed by atoms with Crippen molar-refractivity contribution in [1.82, 2.24) is 0 Å². The summed E-state index contributed by atoms with van der Waals surface area (Å²) in [4.78, 5) is 22.1. The molecule has 0 saturated carbocycles. The van der Waals surface area contributed by atoms with Crippen LogP contribution in [0.1, 0.15) is 22.8 Å². The fourth-order valence-corrected chi connectivity index (χ4v) is 1.72. The van der Waals surface area contributed by atoms with Crippen LogP contribution >= 0.6 is 27.5 Å². The monoisotopic (exact) mass is 316 g/mol. The van der Waals surface area contributed by atoms with Crippen molar-refractivity contribution in [2.24, 2.45) is 0 Å². The molecule has 1 aromatic carbocycles. The molecule has 1 aromatic rings. The van der Waals surface area contributed by atoms with Gasteiger partial charge in [0.1, 0.15) is 0 Å². The summed E-state index contributed by atoms with van der Waals surface area (Å²) in [5, 5.41) is 7.94. The number of halogens is 2. The van der Waals surface area contributed by atoms with Crippen molar-refractivity contribution < 1.29 is 14.7 Å². The minimum absolute atomic E-state index is 0.191. The Bertz CT molecular complexity index is 481. The first kappa shape index (κ1) is 13.9. The van der Waals surface area contributed by atoms with E-state index in [0.717, 1.165) is 6.08 Å². The van der Waals surface area contributed by atoms with Gasteiger partial charge in [-0.3, -0.25) is 4.79 Å². The minimum atomic E-state index is -1.04. The lowest BCUT2D eigenvalue weighted by atomic mass is 10.1. The number of carbonyl (C=O) groups excluding carboxylic acids is 1. The van der Waals surface area contributed by atoms with Crippen molar-refractivity contribution >= 4 is 45.4 Å². The number of carboxylic acid groups (broad SMARTS) is 1. The van der Waals surface area contributed by atoms with Gasteiger partial charge in [-0.1, -0.05) is 22.0 Å². The summed E-state index contributed by atoms with van der Waals surface area (Å²) in [5.74, 6) is -1.23. The highest BCUT2D eigenvalue weighted by Gasteiger charge is 2.13. The molecular formula is C12H10BrClO3. The number of alkyl halides is 1. The third-order valence-electron chi connectivity index (χ3n) is 2.05. The third-order valence-corrected chi connectivity index (χ3v) is 2.97. The summed E-state index contributed by atoms with van der Waals surface area (Å²) in [6.07, 6.45) is 2.43. The number of hydrogen-bond acceptors (Lipinski definition) is 2. The van der Waals surface area contributed by atoms with Gasteiger partial charge in [0, 0.05) is 16.1 Å². The average molecular weight is 318 g/mol. The van der Waals surface area contributed by atoms with Crippen molar-refractivity contribution in [3.8, 4) is 0 Å². The molecule has 0 fully saturated rings. The Morgan fingerprint density at radius 2 is 2.12 bits per heavy atom. The van der Waals surface area contributed by atoms with Crippen LogP contribution in [0.4, 0.5) is 0 Å². The molecule has 5 heteroatoms. The van der Waals surface area contributed by atoms with Gasteiger partial charge in [0.15, 0.2) is 5.78 Å². The highest BCUT2D eigenvalue weighted by Crippen LogP contribution is 2.21. The van der Waals surface area contributed by atoms with Crippen LogP contribution in [0.3, 0.4) is 0 Å². The Balaban J connectivity index is 3.10. The molecule has 0 radical (unpaired) electrons. The lowest BCUT2D eigenvalue weighted by Crippen LogP contribution is -2.10. The van der Waals surface area contributed by atoms with Crippen LogP contribution in [0.15, 0.2) is 28.7 Å². The van der Waals surface area contributed by atoms with E-state index in [1.807, 2.05) is 0 Å². The summed E-state index contributed by atoms with van der Waals surface area (Å²) in [5.41, 5.74) is 1.08. The number of rotatable bonds is 4. The SMILES string of the molecule is CC(Cl)C(=O)c1ccc(Br)c(/C=C/C(=O)O)c1. The third kappa shape index (κ3) is 3.98. The molecule has 90 valence electrons. The van der Waals surface area contributed by atoms with Gasteiger partial charge in [0.05, 0.1) is 5.38 Å². The second kappa shape index (κ2) is 5.98. The normalized spacial score (nSPS) is 12.6. The zero-order valence-electron chi connectivity index (χ0n) is 8.98. The summed E-state index contributed by atoms with van der Waals surface area (Å²) in [6, 6.07) is 4.93. The van der Waals surface area contributed by atoms with E-state index in [2.05, 4.69) is 15.9 Å². The summed E-state index contributed by atoms with van der Waals surface area (Å²) in [6.45, 7) is 1.60. The summed E-state index contributed by atoms with van der Waals surface area (Å²) >= 11 is 8.99. The number of carboxylic acids is 1. The molecule has 17 heavy (non-hydrogen) atoms. The van der Waals surface area contributed by atoms with Crippen molar-refractivity contribution in [1.29, 1.82) is 0 Å². The maximum Gasteiger partial charge on any atom is 0.328 e. The quantitative estimate of drug-likeness (QED) is 0.526. The molecule has 0 aliphatic rings. The molecule has 0 spiro atoms. The molecule has 0 amide bonds. The molecular weight excluding hydrogens is 307 g/mol. The van der Waals surface area contributed by atoms with Gasteiger partial charge in [-0.05, 0) is 30.7 Å². The van der Waals surface area contributed by atoms with Gasteiger partial charge in [-0.15, -0.1) is 11.6 Å². The highest BCUT2D eigenvalue weighted by atomic mass is 79.9. The van der Waals surface area contributed by atoms with E-state index in [9.17, 15) is 9.59 Å². The first-order valence-corrected chi connectivity index (χ1v) is 6.03. The van der Waals surface area contributed by atoms with Gasteiger partial charge in [0.25, 0.3) is 0 Å². The largest absolute Gasteiger partial charge is 0.478 e. The molecule has 0 heterocycles. The first-order valence-electron chi connectivity index (χ1n) is 4.80. The summed E-state index contributed by atoms with van der Waals surface area (Å²) in [7, 11) is 0. The molecule has 0 aromatic heterocycles. The van der Waals surface area contributed by atoms with Gasteiger partial charge >= 0.3 is 5.97 Å². The molecule has 3 nitrogen and oxygen atoms in total. The number of benzene rings is 1. The minimum Gasteiger partial charge on any atom is -0.478 e. The molecule has 0 aliphatic heterocycles. The fraction of sp³-hybridized carbons (Fsp3) is 0.167. The fourth-order valence-electron chi connectivity index (χ4n) is 1.22. The van der Waals surface area contributed by atoms with E-state index in [1.165, 1.54) is 6.08 Å². The van der Waals surface area contributed by atoms with Crippen LogP contribution in [0.2, 0.25) is 0 Å². The number of hydrogen-bond donors (Lipinski definition) is 1. The van der Waals surface area contributed by atoms with Crippen LogP contribution < -0.4 is 0 Å². The Morgan fingerprint density at radius 3 is 2.65 bits per heavy atom. The Labute approximate surface area is 112 Å². The molecule has 0 bridgehead atoms. The van der Waals surface area contributed by atoms with Crippen LogP contribution in [0.5, 0.6) is 0 Å². The van der Waals surface area contributed by atoms with E-state index >= 15 is 0 Å². The van der Waals surface area contributed by atoms with Gasteiger partial charge in [-0.25, -0.2) is 4.79 Å². The standard InChI is InChI=1S/C12H10BrClO3/c1-7(14)12(17)9-2-4-10(13)8(6-9)3-5-11(15)16/h2-7H,1H3,(H,15,16)/b5-3+. The topological polar surface area (TPSA) is 54.4 Å². The van der Waals surface area contributed by atoms with Crippen molar-refractivity contribution in [3.63, 3.8) is 0 Å². The van der Waals surface area contributed by atoms with Gasteiger partial charge in [-0.2, -0.15) is 0 Å². The molecule has 1 atom stereocenters. The second-order valence-electron chi connectivity index (χ2n) is 3.39. The zero-order chi connectivity index (χ0) is 13.0. The van der Waals surface area contributed by atoms with E-state index < -0.39 is 11.3 Å². The van der Waals surface area contributed by atoms with Crippen molar-refractivity contribution in [2.45, 2.75) is 12.3 Å². The first-order chi connectivity index (χ1) is 7.91. The molecule has 0 aliphatic carbocycles. The maximum absolute atomic E-state index is 11.7. The van der Waals surface area contributed by atoms with Crippen LogP contribution in [0.25, 0.3) is 6.08 Å². The average Bonchev–Trinajstić information content (AvgIpc) is 2.26. The molecule has 1 N–H and O–H groups in total. The molecule has 1 rings (SSSR count). The van der Waals surface area contributed by atoms with Crippen LogP contribution in [0, 0.1) is 0 Å². The number of aliphatic carboxylic acids is 1. The predicted molar refractivity (Wildman–Crippen MR) is 70.5 cm³/mol. The Hall–Kier alpha value is -1.13. The van der Waals surface area contributed by atoms with Crippen molar-refractivity contribution in [2.75, 3.05) is 0 Å². The number of Topliss-reactive ketones (excluding diaryl/α,β-unsaturated/α-hetero) is 1. The van der Waals surface area contributed by atoms with Crippen LogP contribution in [-0.2, 0) is 4.79 Å². The zero-order valence-corrected chi connectivity index (χ0v) is 11.3. The maximum atomic E-state index is 11.7. The Kier molecular flexibility index (Phi) is 4.90. The molecule has 1 unspecified atom stereocenters. The van der Waals surface area contributed by atoms with E-state index in [-0.39, 0.29) is 5.78 Å². The van der Waals surface area contributed by atoms with Gasteiger partial charge < -0.3 is 5.11 Å². The van der Waals surface area contributed by atoms with E-state index in [4.69, 9.17) is 16.7 Å². The van der Waals surface area contributed by atoms with E-state index in [1.54, 1.807) is 25.1 Å². The second-order valence-corrected chi connectivity index (χ2v) is 4.90. The lowest BCUT2D eigenvalue weighted by molar-refractivity contribution is -0.131. The van der Waals surface area contributed by atoms with Gasteiger partial charge in [0.2, 0.25) is 0 Å². The summed E-state index contributed by atoms with van der Waals surface area (Å²) < 4.78 is 0.716. The smallest absolute Gasteiger partial charge is 0.328 e. The number of carbonyl (C=O) groups is 2. The predicted octanol–water partition coefficient (Wildman–Crippen LogP) is 3.36.